The minimum atomic E-state index is -1.14. The van der Waals surface area contributed by atoms with Crippen molar-refractivity contribution in [3.05, 3.63) is 23.8 Å². The number of carbonyl (C=O) groups excluding carboxylic acids is 1. The van der Waals surface area contributed by atoms with Crippen LogP contribution in [0.1, 0.15) is 17.3 Å². The number of Topliss-reactive ketones (excluding diaryl/α,β-unsaturated/α-hetero) is 1. The Morgan fingerprint density at radius 3 is 2.67 bits per heavy atom. The summed E-state index contributed by atoms with van der Waals surface area (Å²) in [6, 6.07) is 4.06. The van der Waals surface area contributed by atoms with Gasteiger partial charge in [-0.15, -0.1) is 0 Å². The maximum absolute atomic E-state index is 12.1. The number of hydrogen-bond donors (Lipinski definition) is 1. The number of carbonyl (C=O) groups is 2. The summed E-state index contributed by atoms with van der Waals surface area (Å²) >= 11 is 0. The van der Waals surface area contributed by atoms with Crippen molar-refractivity contribution in [1.29, 1.82) is 0 Å². The quantitative estimate of drug-likeness (QED) is 0.826. The summed E-state index contributed by atoms with van der Waals surface area (Å²) in [5.74, 6) is 0.815. The van der Waals surface area contributed by atoms with Gasteiger partial charge in [-0.3, -0.25) is 4.79 Å². The fourth-order valence-corrected chi connectivity index (χ4v) is 1.63. The third-order valence-electron chi connectivity index (χ3n) is 2.92. The number of rotatable bonds is 3. The highest BCUT2D eigenvalue weighted by molar-refractivity contribution is 6.01. The average molecular weight is 251 g/mol. The van der Waals surface area contributed by atoms with Crippen molar-refractivity contribution in [1.82, 2.24) is 4.90 Å². The van der Waals surface area contributed by atoms with Gasteiger partial charge in [-0.25, -0.2) is 4.79 Å². The number of fused-ring (bicyclic) bond motifs is 1. The zero-order chi connectivity index (χ0) is 13.3. The third kappa shape index (κ3) is 2.09. The molecular weight excluding hydrogens is 238 g/mol. The van der Waals surface area contributed by atoms with E-state index in [2.05, 4.69) is 0 Å². The molecule has 1 N–H and O–H groups in total. The lowest BCUT2D eigenvalue weighted by Crippen LogP contribution is -2.39. The van der Waals surface area contributed by atoms with E-state index in [0.29, 0.717) is 17.1 Å². The van der Waals surface area contributed by atoms with Crippen molar-refractivity contribution >= 4 is 11.9 Å². The van der Waals surface area contributed by atoms with Crippen LogP contribution in [0.3, 0.4) is 0 Å². The lowest BCUT2D eigenvalue weighted by atomic mass is 10.0. The molecule has 1 aliphatic rings. The van der Waals surface area contributed by atoms with Crippen molar-refractivity contribution in [2.45, 2.75) is 13.0 Å². The smallest absolute Gasteiger partial charge is 0.407 e. The van der Waals surface area contributed by atoms with Crippen LogP contribution in [-0.2, 0) is 0 Å². The van der Waals surface area contributed by atoms with Gasteiger partial charge >= 0.3 is 6.09 Å². The first-order chi connectivity index (χ1) is 8.50. The Balaban J connectivity index is 2.21. The van der Waals surface area contributed by atoms with Gasteiger partial charge in [-0.05, 0) is 25.1 Å². The summed E-state index contributed by atoms with van der Waals surface area (Å²) in [6.45, 7) is 1.68. The van der Waals surface area contributed by atoms with Gasteiger partial charge < -0.3 is 19.5 Å². The van der Waals surface area contributed by atoms with E-state index in [9.17, 15) is 9.59 Å². The second-order valence-corrected chi connectivity index (χ2v) is 4.00. The number of benzene rings is 1. The zero-order valence-electron chi connectivity index (χ0n) is 10.0. The highest BCUT2D eigenvalue weighted by atomic mass is 16.7. The van der Waals surface area contributed by atoms with Gasteiger partial charge in [0.1, 0.15) is 0 Å². The molecule has 1 amide bonds. The minimum Gasteiger partial charge on any atom is -0.465 e. The predicted molar refractivity (Wildman–Crippen MR) is 62.1 cm³/mol. The molecule has 0 saturated heterocycles. The van der Waals surface area contributed by atoms with Crippen LogP contribution in [-0.4, -0.2) is 41.8 Å². The zero-order valence-corrected chi connectivity index (χ0v) is 10.0. The summed E-state index contributed by atoms with van der Waals surface area (Å²) in [6.07, 6.45) is -1.14. The molecule has 1 aromatic rings. The van der Waals surface area contributed by atoms with Crippen molar-refractivity contribution < 1.29 is 24.2 Å². The van der Waals surface area contributed by atoms with Crippen LogP contribution >= 0.6 is 0 Å². The summed E-state index contributed by atoms with van der Waals surface area (Å²) in [5, 5.41) is 8.83. The molecule has 1 heterocycles. The summed E-state index contributed by atoms with van der Waals surface area (Å²) < 4.78 is 10.3. The number of hydrogen-bond acceptors (Lipinski definition) is 4. The topological polar surface area (TPSA) is 76.1 Å². The van der Waals surface area contributed by atoms with Crippen LogP contribution < -0.4 is 9.47 Å². The molecule has 96 valence electrons. The van der Waals surface area contributed by atoms with Crippen molar-refractivity contribution in [2.75, 3.05) is 13.8 Å². The second kappa shape index (κ2) is 4.56. The Bertz CT molecular complexity index is 499. The average Bonchev–Trinajstić information content (AvgIpc) is 2.82. The van der Waals surface area contributed by atoms with E-state index < -0.39 is 12.1 Å². The molecule has 0 spiro atoms. The van der Waals surface area contributed by atoms with Crippen LogP contribution in [0.5, 0.6) is 11.5 Å². The van der Waals surface area contributed by atoms with Gasteiger partial charge in [0.2, 0.25) is 6.79 Å². The molecular formula is C12H13NO5. The van der Waals surface area contributed by atoms with Gasteiger partial charge in [-0.2, -0.15) is 0 Å². The maximum Gasteiger partial charge on any atom is 0.407 e. The predicted octanol–water partition coefficient (Wildman–Crippen LogP) is 1.60. The fourth-order valence-electron chi connectivity index (χ4n) is 1.63. The molecule has 6 heteroatoms. The molecule has 0 saturated carbocycles. The van der Waals surface area contributed by atoms with Crippen LogP contribution in [0.4, 0.5) is 4.79 Å². The summed E-state index contributed by atoms with van der Waals surface area (Å²) in [4.78, 5) is 23.8. The number of likely N-dealkylation sites (N-methyl/N-ethyl adjacent to an activating group) is 1. The van der Waals surface area contributed by atoms with Gasteiger partial charge in [0.05, 0.1) is 6.04 Å². The van der Waals surface area contributed by atoms with Gasteiger partial charge in [0.15, 0.2) is 17.3 Å². The van der Waals surface area contributed by atoms with E-state index in [1.54, 1.807) is 25.1 Å². The van der Waals surface area contributed by atoms with Crippen LogP contribution in [0.25, 0.3) is 0 Å². The molecule has 1 aromatic carbocycles. The maximum atomic E-state index is 12.1. The second-order valence-electron chi connectivity index (χ2n) is 4.00. The van der Waals surface area contributed by atoms with Gasteiger partial charge in [0, 0.05) is 12.6 Å². The molecule has 1 aliphatic heterocycles. The monoisotopic (exact) mass is 251 g/mol. The van der Waals surface area contributed by atoms with E-state index in [1.165, 1.54) is 7.05 Å². The molecule has 6 nitrogen and oxygen atoms in total. The first kappa shape index (κ1) is 12.2. The molecule has 1 unspecified atom stereocenters. The summed E-state index contributed by atoms with van der Waals surface area (Å²) in [7, 11) is 1.36. The molecule has 0 aromatic heterocycles. The van der Waals surface area contributed by atoms with Crippen molar-refractivity contribution in [3.63, 3.8) is 0 Å². The van der Waals surface area contributed by atoms with E-state index in [1.807, 2.05) is 0 Å². The fraction of sp³-hybridized carbons (Fsp3) is 0.333. The molecule has 2 rings (SSSR count). The Kier molecular flexibility index (Phi) is 3.10. The molecule has 1 atom stereocenters. The standard InChI is InChI=1S/C12H13NO5/c1-7(13(2)12(15)16)11(14)8-3-4-9-10(5-8)18-6-17-9/h3-5,7H,6H2,1-2H3,(H,15,16). The molecule has 0 radical (unpaired) electrons. The van der Waals surface area contributed by atoms with Crippen molar-refractivity contribution in [3.8, 4) is 11.5 Å². The minimum absolute atomic E-state index is 0.136. The SMILES string of the molecule is CC(C(=O)c1ccc2c(c1)OCO2)N(C)C(=O)O. The highest BCUT2D eigenvalue weighted by Crippen LogP contribution is 2.32. The number of amides is 1. The lowest BCUT2D eigenvalue weighted by Gasteiger charge is -2.20. The molecule has 0 fully saturated rings. The summed E-state index contributed by atoms with van der Waals surface area (Å²) in [5.41, 5.74) is 0.403. The lowest BCUT2D eigenvalue weighted by molar-refractivity contribution is 0.0844. The molecule has 0 aliphatic carbocycles. The van der Waals surface area contributed by atoms with Gasteiger partial charge in [0.25, 0.3) is 0 Å². The van der Waals surface area contributed by atoms with Crippen LogP contribution in [0, 0.1) is 0 Å². The van der Waals surface area contributed by atoms with E-state index >= 15 is 0 Å². The highest BCUT2D eigenvalue weighted by Gasteiger charge is 2.24. The van der Waals surface area contributed by atoms with Crippen LogP contribution in [0.15, 0.2) is 18.2 Å². The number of carboxylic acid groups (broad SMARTS) is 1. The first-order valence-corrected chi connectivity index (χ1v) is 5.40. The van der Waals surface area contributed by atoms with Crippen molar-refractivity contribution in [2.24, 2.45) is 0 Å². The van der Waals surface area contributed by atoms with E-state index in [-0.39, 0.29) is 12.6 Å². The Morgan fingerprint density at radius 2 is 2.00 bits per heavy atom. The third-order valence-corrected chi connectivity index (χ3v) is 2.92. The number of ketones is 1. The number of nitrogens with zero attached hydrogens (tertiary/aromatic N) is 1. The Morgan fingerprint density at radius 1 is 1.33 bits per heavy atom. The van der Waals surface area contributed by atoms with Gasteiger partial charge in [-0.1, -0.05) is 0 Å². The van der Waals surface area contributed by atoms with Crippen LogP contribution in [0.2, 0.25) is 0 Å². The van der Waals surface area contributed by atoms with E-state index in [4.69, 9.17) is 14.6 Å². The molecule has 18 heavy (non-hydrogen) atoms. The first-order valence-electron chi connectivity index (χ1n) is 5.40. The Labute approximate surface area is 104 Å². The normalized spacial score (nSPS) is 14.1. The number of ether oxygens (including phenoxy) is 2. The molecule has 0 bridgehead atoms. The van der Waals surface area contributed by atoms with E-state index in [0.717, 1.165) is 4.90 Å². The largest absolute Gasteiger partial charge is 0.465 e. The Hall–Kier alpha value is -2.24.